The van der Waals surface area contributed by atoms with E-state index in [1.165, 1.54) is 0 Å². The number of alkyl halides is 11. The van der Waals surface area contributed by atoms with E-state index in [-0.39, 0.29) is 5.56 Å². The summed E-state index contributed by atoms with van der Waals surface area (Å²) in [6.45, 7) is -2.66. The Labute approximate surface area is 148 Å². The van der Waals surface area contributed by atoms with E-state index in [9.17, 15) is 53.1 Å². The van der Waals surface area contributed by atoms with Crippen molar-refractivity contribution >= 4 is 17.7 Å². The van der Waals surface area contributed by atoms with E-state index in [1.54, 1.807) is 0 Å². The number of rotatable bonds is 7. The van der Waals surface area contributed by atoms with Crippen molar-refractivity contribution in [1.82, 2.24) is 0 Å². The molecule has 27 heavy (non-hydrogen) atoms. The van der Waals surface area contributed by atoms with Gasteiger partial charge in [0.05, 0.1) is 0 Å². The maximum absolute atomic E-state index is 13.4. The summed E-state index contributed by atoms with van der Waals surface area (Å²) < 4.78 is 145. The summed E-state index contributed by atoms with van der Waals surface area (Å²) in [6.07, 6.45) is -7.22. The smallest absolute Gasteiger partial charge is 0.460 e. The van der Waals surface area contributed by atoms with E-state index < -0.39 is 47.3 Å². The highest BCUT2D eigenvalue weighted by molar-refractivity contribution is 7.97. The third-order valence-electron chi connectivity index (χ3n) is 3.13. The van der Waals surface area contributed by atoms with Gasteiger partial charge >= 0.3 is 29.9 Å². The van der Waals surface area contributed by atoms with Gasteiger partial charge < -0.3 is 4.74 Å². The molecular weight excluding hydrogens is 429 g/mol. The lowest BCUT2D eigenvalue weighted by Gasteiger charge is -2.37. The first kappa shape index (κ1) is 23.3. The predicted molar refractivity (Wildman–Crippen MR) is 71.1 cm³/mol. The molecule has 0 radical (unpaired) electrons. The van der Waals surface area contributed by atoms with Crippen molar-refractivity contribution in [2.75, 3.05) is 6.61 Å². The molecule has 1 aromatic carbocycles. The van der Waals surface area contributed by atoms with E-state index in [4.69, 9.17) is 0 Å². The second-order valence-electron chi connectivity index (χ2n) is 5.04. The van der Waals surface area contributed by atoms with Gasteiger partial charge in [0.1, 0.15) is 5.75 Å². The van der Waals surface area contributed by atoms with Crippen molar-refractivity contribution in [1.29, 1.82) is 0 Å². The number of carbonyl (C=O) groups is 1. The molecule has 14 heteroatoms. The Morgan fingerprint density at radius 1 is 0.778 bits per heavy atom. The van der Waals surface area contributed by atoms with Gasteiger partial charge in [-0.1, -0.05) is 0 Å². The van der Waals surface area contributed by atoms with Crippen LogP contribution in [-0.4, -0.2) is 41.6 Å². The molecular formula is C13H7F11O2S. The molecule has 0 N–H and O–H groups in total. The van der Waals surface area contributed by atoms with Crippen LogP contribution in [-0.2, 0) is 0 Å². The summed E-state index contributed by atoms with van der Waals surface area (Å²) in [7, 11) is 0. The van der Waals surface area contributed by atoms with Crippen LogP contribution in [0.3, 0.4) is 0 Å². The van der Waals surface area contributed by atoms with E-state index in [0.29, 0.717) is 0 Å². The van der Waals surface area contributed by atoms with E-state index >= 15 is 0 Å². The molecule has 154 valence electrons. The van der Waals surface area contributed by atoms with Gasteiger partial charge in [0.15, 0.2) is 6.61 Å². The number of ether oxygens (including phenoxy) is 1. The molecule has 0 unspecified atom stereocenters. The summed E-state index contributed by atoms with van der Waals surface area (Å²) >= 11 is 3.39. The van der Waals surface area contributed by atoms with Gasteiger partial charge in [0.2, 0.25) is 5.12 Å². The van der Waals surface area contributed by atoms with Gasteiger partial charge in [-0.15, -0.1) is 12.6 Å². The van der Waals surface area contributed by atoms with Gasteiger partial charge in [-0.05, 0) is 24.3 Å². The van der Waals surface area contributed by atoms with Gasteiger partial charge in [0, 0.05) is 5.56 Å². The van der Waals surface area contributed by atoms with Crippen molar-refractivity contribution in [2.45, 2.75) is 29.9 Å². The zero-order valence-corrected chi connectivity index (χ0v) is 13.3. The van der Waals surface area contributed by atoms with Crippen LogP contribution in [0.1, 0.15) is 10.4 Å². The zero-order chi connectivity index (χ0) is 21.5. The highest BCUT2D eigenvalue weighted by atomic mass is 32.1. The molecule has 0 aliphatic carbocycles. The lowest BCUT2D eigenvalue weighted by atomic mass is 9.98. The highest BCUT2D eigenvalue weighted by Gasteiger charge is 2.87. The second kappa shape index (κ2) is 7.02. The largest absolute Gasteiger partial charge is 0.487 e. The molecule has 0 amide bonds. The minimum Gasteiger partial charge on any atom is -0.487 e. The van der Waals surface area contributed by atoms with Gasteiger partial charge in [-0.25, -0.2) is 0 Å². The van der Waals surface area contributed by atoms with Crippen molar-refractivity contribution in [3.05, 3.63) is 29.8 Å². The Balaban J connectivity index is 3.08. The van der Waals surface area contributed by atoms with E-state index in [1.807, 2.05) is 0 Å². The average Bonchev–Trinajstić information content (AvgIpc) is 2.51. The third kappa shape index (κ3) is 4.09. The summed E-state index contributed by atoms with van der Waals surface area (Å²) in [4.78, 5) is 10.8. The van der Waals surface area contributed by atoms with E-state index in [0.717, 1.165) is 24.3 Å². The van der Waals surface area contributed by atoms with Gasteiger partial charge in [-0.3, -0.25) is 4.79 Å². The standard InChI is InChI=1S/C13H7F11O2S/c14-9(15,5-26-7-3-1-6(2-4-7)8(25)27)10(16,17)11(18,19)12(20,21)13(22,23)24/h1-4H,5H2,(H,25,27). The quantitative estimate of drug-likeness (QED) is 0.468. The lowest BCUT2D eigenvalue weighted by Crippen LogP contribution is -2.67. The number of halogens is 11. The van der Waals surface area contributed by atoms with Crippen LogP contribution in [0.5, 0.6) is 5.75 Å². The Hall–Kier alpha value is -1.73. The zero-order valence-electron chi connectivity index (χ0n) is 12.4. The molecule has 0 aliphatic heterocycles. The first-order chi connectivity index (χ1) is 11.9. The lowest BCUT2D eigenvalue weighted by molar-refractivity contribution is -0.423. The van der Waals surface area contributed by atoms with Crippen molar-refractivity contribution in [3.8, 4) is 5.75 Å². The fourth-order valence-corrected chi connectivity index (χ4v) is 1.71. The van der Waals surface area contributed by atoms with Crippen LogP contribution in [0.25, 0.3) is 0 Å². The molecule has 0 fully saturated rings. The molecule has 1 aromatic rings. The number of hydrogen-bond acceptors (Lipinski definition) is 2. The normalized spacial score (nSPS) is 14.2. The molecule has 0 atom stereocenters. The predicted octanol–water partition coefficient (Wildman–Crippen LogP) is 5.24. The van der Waals surface area contributed by atoms with Crippen molar-refractivity contribution < 1.29 is 57.8 Å². The summed E-state index contributed by atoms with van der Waals surface area (Å²) in [6, 6.07) is 3.32. The minimum atomic E-state index is -7.48. The summed E-state index contributed by atoms with van der Waals surface area (Å²) in [5.74, 6) is -28.9. The molecule has 2 nitrogen and oxygen atoms in total. The fraction of sp³-hybridized carbons (Fsp3) is 0.462. The maximum atomic E-state index is 13.4. The van der Waals surface area contributed by atoms with Crippen LogP contribution in [0.4, 0.5) is 48.3 Å². The number of benzene rings is 1. The SMILES string of the molecule is O=C(S)c1ccc(OCC(F)(F)C(F)(F)C(F)(F)C(F)(F)C(F)(F)F)cc1. The maximum Gasteiger partial charge on any atom is 0.460 e. The van der Waals surface area contributed by atoms with Crippen LogP contribution in [0, 0.1) is 0 Å². The monoisotopic (exact) mass is 436 g/mol. The fourth-order valence-electron chi connectivity index (χ4n) is 1.56. The van der Waals surface area contributed by atoms with Crippen LogP contribution in [0.2, 0.25) is 0 Å². The number of carbonyl (C=O) groups excluding carboxylic acids is 1. The van der Waals surface area contributed by atoms with E-state index in [2.05, 4.69) is 17.4 Å². The first-order valence-electron chi connectivity index (χ1n) is 6.42. The highest BCUT2D eigenvalue weighted by Crippen LogP contribution is 2.57. The Kier molecular flexibility index (Phi) is 6.06. The second-order valence-corrected chi connectivity index (χ2v) is 5.45. The van der Waals surface area contributed by atoms with Gasteiger partial charge in [-0.2, -0.15) is 48.3 Å². The number of thiol groups is 1. The van der Waals surface area contributed by atoms with Crippen molar-refractivity contribution in [3.63, 3.8) is 0 Å². The molecule has 0 heterocycles. The van der Waals surface area contributed by atoms with Crippen molar-refractivity contribution in [2.24, 2.45) is 0 Å². The van der Waals surface area contributed by atoms with Crippen LogP contribution >= 0.6 is 12.6 Å². The Morgan fingerprint density at radius 3 is 1.59 bits per heavy atom. The Morgan fingerprint density at radius 2 is 1.22 bits per heavy atom. The molecule has 0 aromatic heterocycles. The first-order valence-corrected chi connectivity index (χ1v) is 6.87. The van der Waals surface area contributed by atoms with Crippen LogP contribution in [0.15, 0.2) is 24.3 Å². The third-order valence-corrected chi connectivity index (χ3v) is 3.38. The minimum absolute atomic E-state index is 0.0980. The molecule has 0 saturated heterocycles. The summed E-state index contributed by atoms with van der Waals surface area (Å²) in [5, 5.41) is -0.785. The topological polar surface area (TPSA) is 26.3 Å². The average molecular weight is 436 g/mol. The number of hydrogen-bond donors (Lipinski definition) is 1. The van der Waals surface area contributed by atoms with Gasteiger partial charge in [0.25, 0.3) is 0 Å². The Bertz CT molecular complexity index is 682. The summed E-state index contributed by atoms with van der Waals surface area (Å²) in [5.41, 5.74) is -0.0980. The van der Waals surface area contributed by atoms with Crippen LogP contribution < -0.4 is 4.74 Å². The molecule has 0 saturated carbocycles. The molecule has 0 aliphatic rings. The molecule has 0 bridgehead atoms. The molecule has 0 spiro atoms. The molecule has 1 rings (SSSR count).